The van der Waals surface area contributed by atoms with Crippen LogP contribution in [0, 0.1) is 11.6 Å². The average molecular weight is 484 g/mol. The van der Waals surface area contributed by atoms with Crippen molar-refractivity contribution < 1.29 is 27.9 Å². The molecule has 184 valence electrons. The number of rotatable bonds is 3. The molecule has 3 saturated heterocycles. The highest BCUT2D eigenvalue weighted by molar-refractivity contribution is 5.98. The van der Waals surface area contributed by atoms with Crippen LogP contribution >= 0.6 is 0 Å². The largest absolute Gasteiger partial charge is 0.353 e. The van der Waals surface area contributed by atoms with Crippen molar-refractivity contribution in [2.45, 2.75) is 37.5 Å². The van der Waals surface area contributed by atoms with Gasteiger partial charge in [-0.2, -0.15) is 0 Å². The predicted octanol–water partition coefficient (Wildman–Crippen LogP) is 3.06. The Bertz CT molecular complexity index is 1130. The summed E-state index contributed by atoms with van der Waals surface area (Å²) in [5, 5.41) is 0. The molecule has 0 aromatic heterocycles. The second-order valence-electron chi connectivity index (χ2n) is 9.26. The number of piperidine rings is 1. The number of nitrogens with zero attached hydrogens (tertiary/aromatic N) is 3. The maximum Gasteiger partial charge on any atom is 0.256 e. The molecule has 3 aliphatic rings. The summed E-state index contributed by atoms with van der Waals surface area (Å²) in [6.45, 7) is 1.84. The zero-order valence-electron chi connectivity index (χ0n) is 19.3. The van der Waals surface area contributed by atoms with E-state index in [-0.39, 0.29) is 49.9 Å². The smallest absolute Gasteiger partial charge is 0.256 e. The Balaban J connectivity index is 1.39. The lowest BCUT2D eigenvalue weighted by Crippen LogP contribution is -2.60. The fraction of sp³-hybridized carbons (Fsp3) is 0.423. The molecule has 7 nitrogen and oxygen atoms in total. The summed E-state index contributed by atoms with van der Waals surface area (Å²) in [4.78, 5) is 44.8. The maximum absolute atomic E-state index is 14.2. The van der Waals surface area contributed by atoms with E-state index in [0.717, 1.165) is 25.0 Å². The molecule has 5 rings (SSSR count). The zero-order valence-corrected chi connectivity index (χ0v) is 19.3. The highest BCUT2D eigenvalue weighted by Crippen LogP contribution is 2.39. The Morgan fingerprint density at radius 3 is 2.20 bits per heavy atom. The van der Waals surface area contributed by atoms with E-state index >= 15 is 0 Å². The molecule has 0 saturated carbocycles. The number of carbonyl (C=O) groups excluding carboxylic acids is 3. The molecule has 0 aliphatic carbocycles. The van der Waals surface area contributed by atoms with Crippen LogP contribution in [0.25, 0.3) is 0 Å². The van der Waals surface area contributed by atoms with Crippen LogP contribution in [0.4, 0.5) is 8.78 Å². The summed E-state index contributed by atoms with van der Waals surface area (Å²) in [7, 11) is 0. The summed E-state index contributed by atoms with van der Waals surface area (Å²) in [6.07, 6.45) is 2.44. The first-order valence-electron chi connectivity index (χ1n) is 12.0. The number of likely N-dealkylation sites (tertiary alicyclic amines) is 2. The number of carbonyl (C=O) groups is 3. The molecule has 0 radical (unpaired) electrons. The van der Waals surface area contributed by atoms with Crippen molar-refractivity contribution in [3.63, 3.8) is 0 Å². The number of benzene rings is 2. The molecule has 3 heterocycles. The second-order valence-corrected chi connectivity index (χ2v) is 9.26. The van der Waals surface area contributed by atoms with Gasteiger partial charge >= 0.3 is 0 Å². The van der Waals surface area contributed by atoms with Gasteiger partial charge in [-0.3, -0.25) is 19.3 Å². The third kappa shape index (κ3) is 4.29. The van der Waals surface area contributed by atoms with Gasteiger partial charge in [-0.1, -0.05) is 18.2 Å². The molecule has 3 fully saturated rings. The number of hydrogen-bond donors (Lipinski definition) is 0. The third-order valence-corrected chi connectivity index (χ3v) is 7.20. The van der Waals surface area contributed by atoms with E-state index in [1.807, 2.05) is 6.07 Å². The van der Waals surface area contributed by atoms with Gasteiger partial charge in [0.2, 0.25) is 5.91 Å². The maximum atomic E-state index is 14.2. The first kappa shape index (κ1) is 23.4. The minimum absolute atomic E-state index is 0.0917. The number of ether oxygens (including phenoxy) is 1. The van der Waals surface area contributed by atoms with E-state index < -0.39 is 29.3 Å². The first-order valence-corrected chi connectivity index (χ1v) is 12.0. The lowest BCUT2D eigenvalue weighted by molar-refractivity contribution is -0.136. The van der Waals surface area contributed by atoms with Crippen LogP contribution in [-0.4, -0.2) is 77.0 Å². The highest BCUT2D eigenvalue weighted by Gasteiger charge is 2.55. The number of hydrogen-bond acceptors (Lipinski definition) is 4. The van der Waals surface area contributed by atoms with Crippen molar-refractivity contribution in [1.82, 2.24) is 14.7 Å². The van der Waals surface area contributed by atoms with E-state index in [0.29, 0.717) is 24.7 Å². The molecular weight excluding hydrogens is 456 g/mol. The van der Waals surface area contributed by atoms with Crippen LogP contribution in [0.3, 0.4) is 0 Å². The van der Waals surface area contributed by atoms with Gasteiger partial charge in [-0.15, -0.1) is 0 Å². The van der Waals surface area contributed by atoms with Crippen LogP contribution < -0.4 is 0 Å². The van der Waals surface area contributed by atoms with Gasteiger partial charge in [0.1, 0.15) is 23.4 Å². The van der Waals surface area contributed by atoms with Crippen LogP contribution in [-0.2, 0) is 9.53 Å². The summed E-state index contributed by atoms with van der Waals surface area (Å²) in [6, 6.07) is 10.9. The van der Waals surface area contributed by atoms with Gasteiger partial charge in [-0.05, 0) is 37.1 Å². The normalized spacial score (nSPS) is 21.5. The molecule has 0 bridgehead atoms. The summed E-state index contributed by atoms with van der Waals surface area (Å²) >= 11 is 0. The van der Waals surface area contributed by atoms with Gasteiger partial charge in [0, 0.05) is 50.7 Å². The number of halogens is 2. The Hall–Kier alpha value is -3.33. The molecule has 35 heavy (non-hydrogen) atoms. The second kappa shape index (κ2) is 9.37. The molecule has 1 atom stereocenters. The molecule has 1 spiro atoms. The zero-order chi connectivity index (χ0) is 24.6. The van der Waals surface area contributed by atoms with Crippen LogP contribution in [0.5, 0.6) is 0 Å². The Labute approximate surface area is 202 Å². The van der Waals surface area contributed by atoms with Crippen molar-refractivity contribution in [2.75, 3.05) is 32.8 Å². The van der Waals surface area contributed by atoms with Crippen molar-refractivity contribution in [2.24, 2.45) is 0 Å². The fourth-order valence-electron chi connectivity index (χ4n) is 5.32. The molecular formula is C26H27F2N3O4. The van der Waals surface area contributed by atoms with E-state index in [1.165, 1.54) is 4.90 Å². The van der Waals surface area contributed by atoms with Crippen LogP contribution in [0.1, 0.15) is 46.4 Å². The van der Waals surface area contributed by atoms with E-state index in [2.05, 4.69) is 0 Å². The Kier molecular flexibility index (Phi) is 6.27. The fourth-order valence-corrected chi connectivity index (χ4v) is 5.32. The molecule has 2 aromatic carbocycles. The summed E-state index contributed by atoms with van der Waals surface area (Å²) < 4.78 is 33.7. The summed E-state index contributed by atoms with van der Waals surface area (Å²) in [5.74, 6) is -2.61. The van der Waals surface area contributed by atoms with Crippen molar-refractivity contribution >= 4 is 17.7 Å². The predicted molar refractivity (Wildman–Crippen MR) is 122 cm³/mol. The molecule has 2 aromatic rings. The topological polar surface area (TPSA) is 70.2 Å². The lowest BCUT2D eigenvalue weighted by atomic mass is 9.96. The monoisotopic (exact) mass is 483 g/mol. The van der Waals surface area contributed by atoms with E-state index in [9.17, 15) is 23.2 Å². The third-order valence-electron chi connectivity index (χ3n) is 7.20. The molecule has 0 unspecified atom stereocenters. The minimum Gasteiger partial charge on any atom is -0.353 e. The van der Waals surface area contributed by atoms with Gasteiger partial charge in [0.05, 0.1) is 12.2 Å². The highest BCUT2D eigenvalue weighted by atomic mass is 19.1. The first-order chi connectivity index (χ1) is 16.9. The van der Waals surface area contributed by atoms with Crippen LogP contribution in [0.2, 0.25) is 0 Å². The molecule has 3 aliphatic heterocycles. The SMILES string of the molecule is O=C(c1ccc(F)cc1F)N1CCC2(CC1)OC[C@@H](C(=O)N1CCCC1)N2C(=O)c1ccccc1. The quantitative estimate of drug-likeness (QED) is 0.673. The van der Waals surface area contributed by atoms with Crippen molar-refractivity contribution in [3.8, 4) is 0 Å². The van der Waals surface area contributed by atoms with Gasteiger partial charge < -0.3 is 14.5 Å². The Morgan fingerprint density at radius 1 is 0.857 bits per heavy atom. The van der Waals surface area contributed by atoms with E-state index in [4.69, 9.17) is 4.74 Å². The standard InChI is InChI=1S/C26H27F2N3O4/c27-19-8-9-20(21(28)16-19)24(33)30-14-10-26(11-15-30)31(23(32)18-6-2-1-3-7-18)22(17-35-26)25(34)29-12-4-5-13-29/h1-3,6-9,16,22H,4-5,10-15,17H2/t22-/m0/s1. The minimum atomic E-state index is -1.04. The van der Waals surface area contributed by atoms with Crippen molar-refractivity contribution in [3.05, 3.63) is 71.3 Å². The van der Waals surface area contributed by atoms with E-state index in [1.54, 1.807) is 34.1 Å². The molecule has 3 amide bonds. The van der Waals surface area contributed by atoms with Gasteiger partial charge in [-0.25, -0.2) is 8.78 Å². The molecule has 9 heteroatoms. The van der Waals surface area contributed by atoms with Crippen LogP contribution in [0.15, 0.2) is 48.5 Å². The average Bonchev–Trinajstić information content (AvgIpc) is 3.53. The molecule has 0 N–H and O–H groups in total. The van der Waals surface area contributed by atoms with Gasteiger partial charge in [0.25, 0.3) is 11.8 Å². The number of amides is 3. The summed E-state index contributed by atoms with van der Waals surface area (Å²) in [5.41, 5.74) is -0.775. The van der Waals surface area contributed by atoms with Gasteiger partial charge in [0.15, 0.2) is 0 Å². The Morgan fingerprint density at radius 2 is 1.54 bits per heavy atom. The lowest BCUT2D eigenvalue weighted by Gasteiger charge is -2.44. The van der Waals surface area contributed by atoms with Crippen molar-refractivity contribution in [1.29, 1.82) is 0 Å².